The summed E-state index contributed by atoms with van der Waals surface area (Å²) in [5.74, 6) is -0.461. The third-order valence-electron chi connectivity index (χ3n) is 2.02. The van der Waals surface area contributed by atoms with Crippen LogP contribution in [0.2, 0.25) is 0 Å². The fraction of sp³-hybridized carbons (Fsp3) is 0.667. The highest BCUT2D eigenvalue weighted by atomic mass is 127. The largest absolute Gasteiger partial charge is 0.460 e. The molecular weight excluding hydrogens is 299 g/mol. The van der Waals surface area contributed by atoms with Crippen molar-refractivity contribution in [3.63, 3.8) is 0 Å². The van der Waals surface area contributed by atoms with E-state index < -0.39 is 5.97 Å². The lowest BCUT2D eigenvalue weighted by Gasteiger charge is -2.31. The zero-order valence-corrected chi connectivity index (χ0v) is 9.85. The van der Waals surface area contributed by atoms with Crippen LogP contribution in [0.4, 0.5) is 0 Å². The lowest BCUT2D eigenvalue weighted by atomic mass is 10.1. The maximum atomic E-state index is 10.8. The molecule has 0 aliphatic carbocycles. The van der Waals surface area contributed by atoms with Crippen LogP contribution in [0.5, 0.6) is 0 Å². The molecule has 0 aromatic heterocycles. The van der Waals surface area contributed by atoms with Gasteiger partial charge >= 0.3 is 5.97 Å². The molecule has 0 amide bonds. The second-order valence-electron chi connectivity index (χ2n) is 3.04. The fourth-order valence-electron chi connectivity index (χ4n) is 1.20. The summed E-state index contributed by atoms with van der Waals surface area (Å²) in [6.45, 7) is 3.98. The van der Waals surface area contributed by atoms with Crippen molar-refractivity contribution in [3.05, 3.63) is 12.7 Å². The summed E-state index contributed by atoms with van der Waals surface area (Å²) in [4.78, 5) is 10.8. The van der Waals surface area contributed by atoms with Gasteiger partial charge in [0.25, 0.3) is 0 Å². The zero-order valence-electron chi connectivity index (χ0n) is 7.69. The number of carbonyl (C=O) groups is 1. The summed E-state index contributed by atoms with van der Waals surface area (Å²) in [6.07, 6.45) is 1.15. The van der Waals surface area contributed by atoms with Crippen LogP contribution in [-0.4, -0.2) is 40.4 Å². The van der Waals surface area contributed by atoms with E-state index in [1.54, 1.807) is 0 Å². The van der Waals surface area contributed by atoms with Gasteiger partial charge in [-0.3, -0.25) is 0 Å². The molecule has 1 N–H and O–H groups in total. The highest BCUT2D eigenvalue weighted by molar-refractivity contribution is 14.1. The first-order chi connectivity index (χ1) is 6.65. The van der Waals surface area contributed by atoms with Gasteiger partial charge in [0.2, 0.25) is 0 Å². The maximum Gasteiger partial charge on any atom is 0.330 e. The average Bonchev–Trinajstić information content (AvgIpc) is 2.20. The SMILES string of the molecule is C=CC(=O)OC[C@H]1OCC[C@@H](O)C1I. The van der Waals surface area contributed by atoms with Crippen molar-refractivity contribution in [2.24, 2.45) is 0 Å². The van der Waals surface area contributed by atoms with Crippen LogP contribution in [0, 0.1) is 0 Å². The summed E-state index contributed by atoms with van der Waals surface area (Å²) < 4.78 is 10.2. The number of hydrogen-bond acceptors (Lipinski definition) is 4. The van der Waals surface area contributed by atoms with E-state index in [0.29, 0.717) is 13.0 Å². The lowest BCUT2D eigenvalue weighted by molar-refractivity contribution is -0.144. The van der Waals surface area contributed by atoms with Crippen LogP contribution in [0.15, 0.2) is 12.7 Å². The van der Waals surface area contributed by atoms with Gasteiger partial charge < -0.3 is 14.6 Å². The van der Waals surface area contributed by atoms with Gasteiger partial charge in [-0.2, -0.15) is 0 Å². The molecule has 0 aromatic rings. The molecule has 1 aliphatic rings. The predicted octanol–water partition coefficient (Wildman–Crippen LogP) is 0.669. The molecule has 3 atom stereocenters. The van der Waals surface area contributed by atoms with E-state index in [0.717, 1.165) is 6.08 Å². The van der Waals surface area contributed by atoms with Crippen molar-refractivity contribution in [3.8, 4) is 0 Å². The van der Waals surface area contributed by atoms with Gasteiger partial charge in [0, 0.05) is 12.7 Å². The third kappa shape index (κ3) is 3.21. The smallest absolute Gasteiger partial charge is 0.330 e. The van der Waals surface area contributed by atoms with Gasteiger partial charge in [-0.15, -0.1) is 0 Å². The van der Waals surface area contributed by atoms with E-state index >= 15 is 0 Å². The first-order valence-electron chi connectivity index (χ1n) is 4.38. The normalized spacial score (nSPS) is 32.3. The Morgan fingerprint density at radius 3 is 3.14 bits per heavy atom. The van der Waals surface area contributed by atoms with Gasteiger partial charge in [-0.1, -0.05) is 29.2 Å². The summed E-state index contributed by atoms with van der Waals surface area (Å²) >= 11 is 2.11. The summed E-state index contributed by atoms with van der Waals surface area (Å²) in [7, 11) is 0. The number of halogens is 1. The Morgan fingerprint density at radius 1 is 1.79 bits per heavy atom. The minimum atomic E-state index is -0.461. The molecule has 0 spiro atoms. The number of aliphatic hydroxyl groups excluding tert-OH is 1. The van der Waals surface area contributed by atoms with Gasteiger partial charge in [-0.25, -0.2) is 4.79 Å². The van der Waals surface area contributed by atoms with Crippen LogP contribution in [0.3, 0.4) is 0 Å². The molecule has 1 saturated heterocycles. The standard InChI is InChI=1S/C9H13IO4/c1-2-8(12)14-5-7-9(10)6(11)3-4-13-7/h2,6-7,9,11H,1,3-5H2/t6-,7-,9?/m1/s1. The average molecular weight is 312 g/mol. The molecule has 1 heterocycles. The Kier molecular flexibility index (Phi) is 4.83. The Morgan fingerprint density at radius 2 is 2.50 bits per heavy atom. The molecule has 1 fully saturated rings. The number of rotatable bonds is 3. The quantitative estimate of drug-likeness (QED) is 0.360. The lowest BCUT2D eigenvalue weighted by Crippen LogP contribution is -2.43. The molecule has 4 nitrogen and oxygen atoms in total. The Balaban J connectivity index is 2.35. The topological polar surface area (TPSA) is 55.8 Å². The van der Waals surface area contributed by atoms with Crippen LogP contribution >= 0.6 is 22.6 Å². The molecule has 80 valence electrons. The van der Waals surface area contributed by atoms with Crippen molar-refractivity contribution in [1.29, 1.82) is 0 Å². The van der Waals surface area contributed by atoms with Crippen LogP contribution in [0.1, 0.15) is 6.42 Å². The Labute approximate surface area is 96.4 Å². The monoisotopic (exact) mass is 312 g/mol. The second kappa shape index (κ2) is 5.67. The fourth-order valence-corrected chi connectivity index (χ4v) is 1.98. The summed E-state index contributed by atoms with van der Waals surface area (Å²) in [6, 6.07) is 0. The minimum Gasteiger partial charge on any atom is -0.460 e. The van der Waals surface area contributed by atoms with E-state index in [-0.39, 0.29) is 22.7 Å². The molecule has 0 bridgehead atoms. The van der Waals surface area contributed by atoms with E-state index in [1.165, 1.54) is 0 Å². The number of alkyl halides is 1. The molecule has 1 unspecified atom stereocenters. The molecule has 1 rings (SSSR count). The summed E-state index contributed by atoms with van der Waals surface area (Å²) in [5.41, 5.74) is 0. The second-order valence-corrected chi connectivity index (χ2v) is 4.48. The van der Waals surface area contributed by atoms with Crippen molar-refractivity contribution >= 4 is 28.6 Å². The zero-order chi connectivity index (χ0) is 10.6. The summed E-state index contributed by atoms with van der Waals surface area (Å²) in [5, 5.41) is 9.52. The third-order valence-corrected chi connectivity index (χ3v) is 3.66. The maximum absolute atomic E-state index is 10.8. The van der Waals surface area contributed by atoms with E-state index in [9.17, 15) is 9.90 Å². The Hall–Kier alpha value is -0.140. The highest BCUT2D eigenvalue weighted by Crippen LogP contribution is 2.22. The van der Waals surface area contributed by atoms with Gasteiger partial charge in [-0.05, 0) is 6.42 Å². The first-order valence-corrected chi connectivity index (χ1v) is 5.62. The van der Waals surface area contributed by atoms with Crippen LogP contribution in [-0.2, 0) is 14.3 Å². The predicted molar refractivity (Wildman–Crippen MR) is 59.3 cm³/mol. The van der Waals surface area contributed by atoms with E-state index in [2.05, 4.69) is 29.2 Å². The van der Waals surface area contributed by atoms with Crippen LogP contribution in [0.25, 0.3) is 0 Å². The first kappa shape index (κ1) is 11.9. The van der Waals surface area contributed by atoms with E-state index in [4.69, 9.17) is 9.47 Å². The van der Waals surface area contributed by atoms with Crippen molar-refractivity contribution in [1.82, 2.24) is 0 Å². The molecule has 14 heavy (non-hydrogen) atoms. The molecule has 0 aromatic carbocycles. The molecule has 5 heteroatoms. The van der Waals surface area contributed by atoms with Crippen molar-refractivity contribution in [2.45, 2.75) is 22.6 Å². The minimum absolute atomic E-state index is 0.0287. The molecule has 0 radical (unpaired) electrons. The Bertz CT molecular complexity index is 219. The van der Waals surface area contributed by atoms with Gasteiger partial charge in [0.1, 0.15) is 12.7 Å². The van der Waals surface area contributed by atoms with Crippen LogP contribution < -0.4 is 0 Å². The number of carbonyl (C=O) groups excluding carboxylic acids is 1. The van der Waals surface area contributed by atoms with Crippen molar-refractivity contribution < 1.29 is 19.4 Å². The van der Waals surface area contributed by atoms with Gasteiger partial charge in [0.15, 0.2) is 0 Å². The van der Waals surface area contributed by atoms with Gasteiger partial charge in [0.05, 0.1) is 10.0 Å². The number of esters is 1. The molecule has 0 saturated carbocycles. The number of hydrogen-bond donors (Lipinski definition) is 1. The van der Waals surface area contributed by atoms with E-state index in [1.807, 2.05) is 0 Å². The molecule has 1 aliphatic heterocycles. The van der Waals surface area contributed by atoms with Crippen molar-refractivity contribution in [2.75, 3.05) is 13.2 Å². The number of aliphatic hydroxyl groups is 1. The number of ether oxygens (including phenoxy) is 2. The molecular formula is C9H13IO4. The highest BCUT2D eigenvalue weighted by Gasteiger charge is 2.31.